The molecule has 2 rings (SSSR count). The number of para-hydroxylation sites is 1. The van der Waals surface area contributed by atoms with Gasteiger partial charge in [0, 0.05) is 11.4 Å². The smallest absolute Gasteiger partial charge is 0.175 e. The second-order valence-electron chi connectivity index (χ2n) is 3.93. The molecule has 2 aromatic rings. The van der Waals surface area contributed by atoms with Gasteiger partial charge in [-0.2, -0.15) is 10.5 Å². The fraction of sp³-hybridized carbons (Fsp3) is 0. The summed E-state index contributed by atoms with van der Waals surface area (Å²) in [6.45, 7) is 0. The highest BCUT2D eigenvalue weighted by Crippen LogP contribution is 2.15. The van der Waals surface area contributed by atoms with E-state index >= 15 is 0 Å². The lowest BCUT2D eigenvalue weighted by Gasteiger charge is -2.10. The fourth-order valence-corrected chi connectivity index (χ4v) is 1.86. The van der Waals surface area contributed by atoms with Crippen LogP contribution < -0.4 is 10.6 Å². The first kappa shape index (κ1) is 13.5. The van der Waals surface area contributed by atoms with Crippen LogP contribution in [0.5, 0.6) is 0 Å². The van der Waals surface area contributed by atoms with Crippen molar-refractivity contribution < 1.29 is 0 Å². The van der Waals surface area contributed by atoms with Gasteiger partial charge >= 0.3 is 0 Å². The summed E-state index contributed by atoms with van der Waals surface area (Å²) in [6.07, 6.45) is 0. The van der Waals surface area contributed by atoms with E-state index in [4.69, 9.17) is 22.7 Å². The number of hydrogen-bond donors (Lipinski definition) is 2. The van der Waals surface area contributed by atoms with Crippen LogP contribution in [0.15, 0.2) is 48.5 Å². The van der Waals surface area contributed by atoms with Crippen molar-refractivity contribution in [1.82, 2.24) is 0 Å². The maximum Gasteiger partial charge on any atom is 0.175 e. The van der Waals surface area contributed by atoms with E-state index in [0.717, 1.165) is 5.69 Å². The molecular weight excluding hydrogens is 268 g/mol. The predicted molar refractivity (Wildman–Crippen MR) is 82.2 cm³/mol. The maximum absolute atomic E-state index is 8.97. The van der Waals surface area contributed by atoms with Gasteiger partial charge in [-0.05, 0) is 42.5 Å². The van der Waals surface area contributed by atoms with E-state index in [-0.39, 0.29) is 0 Å². The van der Waals surface area contributed by atoms with Crippen molar-refractivity contribution in [3.05, 3.63) is 59.7 Å². The van der Waals surface area contributed by atoms with Gasteiger partial charge in [0.05, 0.1) is 11.1 Å². The van der Waals surface area contributed by atoms with Gasteiger partial charge in [0.2, 0.25) is 0 Å². The number of rotatable bonds is 2. The molecule has 0 unspecified atom stereocenters. The number of nitrogens with one attached hydrogen (secondary N) is 2. The topological polar surface area (TPSA) is 71.6 Å². The highest BCUT2D eigenvalue weighted by molar-refractivity contribution is 7.80. The van der Waals surface area contributed by atoms with E-state index in [0.29, 0.717) is 21.9 Å². The van der Waals surface area contributed by atoms with Crippen LogP contribution in [0.4, 0.5) is 11.4 Å². The van der Waals surface area contributed by atoms with Crippen molar-refractivity contribution in [3.8, 4) is 12.1 Å². The molecule has 4 nitrogen and oxygen atoms in total. The monoisotopic (exact) mass is 278 g/mol. The lowest BCUT2D eigenvalue weighted by molar-refractivity contribution is 1.43. The van der Waals surface area contributed by atoms with E-state index in [1.807, 2.05) is 42.5 Å². The average Bonchev–Trinajstić information content (AvgIpc) is 2.48. The van der Waals surface area contributed by atoms with E-state index in [9.17, 15) is 0 Å². The van der Waals surface area contributed by atoms with Gasteiger partial charge < -0.3 is 10.6 Å². The van der Waals surface area contributed by atoms with Crippen LogP contribution in [0.3, 0.4) is 0 Å². The molecular formula is C15H10N4S. The molecule has 0 radical (unpaired) electrons. The van der Waals surface area contributed by atoms with Crippen molar-refractivity contribution in [2.45, 2.75) is 0 Å². The van der Waals surface area contributed by atoms with Crippen molar-refractivity contribution in [1.29, 1.82) is 10.5 Å². The maximum atomic E-state index is 8.97. The van der Waals surface area contributed by atoms with Crippen LogP contribution in [0, 0.1) is 22.7 Å². The Morgan fingerprint density at radius 2 is 1.50 bits per heavy atom. The zero-order chi connectivity index (χ0) is 14.4. The fourth-order valence-electron chi connectivity index (χ4n) is 1.63. The molecule has 0 heterocycles. The number of anilines is 2. The third-order valence-corrected chi connectivity index (χ3v) is 2.75. The molecule has 0 aliphatic heterocycles. The van der Waals surface area contributed by atoms with Crippen LogP contribution in [-0.2, 0) is 0 Å². The summed E-state index contributed by atoms with van der Waals surface area (Å²) in [5.74, 6) is 0. The highest BCUT2D eigenvalue weighted by atomic mass is 32.1. The first-order valence-corrected chi connectivity index (χ1v) is 6.21. The largest absolute Gasteiger partial charge is 0.332 e. The Bertz CT molecular complexity index is 711. The predicted octanol–water partition coefficient (Wildman–Crippen LogP) is 3.24. The minimum Gasteiger partial charge on any atom is -0.332 e. The molecule has 0 bridgehead atoms. The number of nitrogens with zero attached hydrogens (tertiary/aromatic N) is 2. The Morgan fingerprint density at radius 3 is 2.15 bits per heavy atom. The molecule has 0 aliphatic carbocycles. The average molecular weight is 278 g/mol. The second-order valence-corrected chi connectivity index (χ2v) is 4.34. The summed E-state index contributed by atoms with van der Waals surface area (Å²) in [6, 6.07) is 18.4. The van der Waals surface area contributed by atoms with E-state index in [1.54, 1.807) is 18.2 Å². The van der Waals surface area contributed by atoms with Crippen molar-refractivity contribution in [3.63, 3.8) is 0 Å². The Balaban J connectivity index is 2.09. The molecule has 0 saturated heterocycles. The van der Waals surface area contributed by atoms with Crippen LogP contribution in [0.1, 0.15) is 11.1 Å². The van der Waals surface area contributed by atoms with Crippen LogP contribution >= 0.6 is 12.2 Å². The molecule has 2 N–H and O–H groups in total. The molecule has 0 amide bonds. The first-order valence-electron chi connectivity index (χ1n) is 5.80. The summed E-state index contributed by atoms with van der Waals surface area (Å²) in [5.41, 5.74) is 2.20. The van der Waals surface area contributed by atoms with E-state index in [1.165, 1.54) is 0 Å². The molecule has 0 saturated carbocycles. The van der Waals surface area contributed by atoms with Gasteiger partial charge in [-0.1, -0.05) is 18.2 Å². The highest BCUT2D eigenvalue weighted by Gasteiger charge is 2.04. The Hall–Kier alpha value is -2.89. The second kappa shape index (κ2) is 6.33. The molecule has 0 spiro atoms. The summed E-state index contributed by atoms with van der Waals surface area (Å²) < 4.78 is 0. The summed E-state index contributed by atoms with van der Waals surface area (Å²) in [7, 11) is 0. The minimum absolute atomic E-state index is 0.319. The normalized spacial score (nSPS) is 9.10. The molecule has 0 fully saturated rings. The number of nitriles is 2. The molecule has 0 atom stereocenters. The molecule has 2 aromatic carbocycles. The first-order chi connectivity index (χ1) is 9.72. The van der Waals surface area contributed by atoms with Gasteiger partial charge in [0.15, 0.2) is 5.11 Å². The van der Waals surface area contributed by atoms with Gasteiger partial charge in [-0.15, -0.1) is 0 Å². The van der Waals surface area contributed by atoms with Crippen molar-refractivity contribution >= 4 is 28.7 Å². The standard InChI is InChI=1S/C15H10N4S/c16-9-11-6-7-14(8-12(11)10-17)19-15(20)18-13-4-2-1-3-5-13/h1-8H,(H2,18,19,20). The summed E-state index contributed by atoms with van der Waals surface area (Å²) in [4.78, 5) is 0. The SMILES string of the molecule is N#Cc1ccc(NC(=S)Nc2ccccc2)cc1C#N. The third kappa shape index (κ3) is 3.32. The van der Waals surface area contributed by atoms with E-state index < -0.39 is 0 Å². The summed E-state index contributed by atoms with van der Waals surface area (Å²) in [5, 5.41) is 24.2. The van der Waals surface area contributed by atoms with Crippen LogP contribution in [-0.4, -0.2) is 5.11 Å². The van der Waals surface area contributed by atoms with Gasteiger partial charge in [0.1, 0.15) is 12.1 Å². The lowest BCUT2D eigenvalue weighted by atomic mass is 10.1. The van der Waals surface area contributed by atoms with Gasteiger partial charge in [0.25, 0.3) is 0 Å². The molecule has 5 heteroatoms. The van der Waals surface area contributed by atoms with Gasteiger partial charge in [-0.3, -0.25) is 0 Å². The minimum atomic E-state index is 0.319. The number of thiocarbonyl (C=S) groups is 1. The van der Waals surface area contributed by atoms with Crippen LogP contribution in [0.25, 0.3) is 0 Å². The Kier molecular flexibility index (Phi) is 4.28. The molecule has 0 aliphatic rings. The van der Waals surface area contributed by atoms with Crippen molar-refractivity contribution in [2.24, 2.45) is 0 Å². The Morgan fingerprint density at radius 1 is 0.850 bits per heavy atom. The number of hydrogen-bond acceptors (Lipinski definition) is 3. The van der Waals surface area contributed by atoms with E-state index in [2.05, 4.69) is 10.6 Å². The Labute approximate surface area is 122 Å². The van der Waals surface area contributed by atoms with Gasteiger partial charge in [-0.25, -0.2) is 0 Å². The molecule has 0 aromatic heterocycles. The lowest BCUT2D eigenvalue weighted by Crippen LogP contribution is -2.19. The number of benzene rings is 2. The van der Waals surface area contributed by atoms with Crippen molar-refractivity contribution in [2.75, 3.05) is 10.6 Å². The summed E-state index contributed by atoms with van der Waals surface area (Å²) >= 11 is 5.19. The van der Waals surface area contributed by atoms with Crippen LogP contribution in [0.2, 0.25) is 0 Å². The quantitative estimate of drug-likeness (QED) is 0.825. The third-order valence-electron chi connectivity index (χ3n) is 2.55. The molecule has 96 valence electrons. The zero-order valence-electron chi connectivity index (χ0n) is 10.4. The molecule has 20 heavy (non-hydrogen) atoms. The zero-order valence-corrected chi connectivity index (χ0v) is 11.2.